The van der Waals surface area contributed by atoms with E-state index in [4.69, 9.17) is 16.3 Å². The fraction of sp³-hybridized carbons (Fsp3) is 0.389. The van der Waals surface area contributed by atoms with Crippen molar-refractivity contribution in [3.05, 3.63) is 46.3 Å². The van der Waals surface area contributed by atoms with Crippen LogP contribution in [-0.2, 0) is 17.7 Å². The van der Waals surface area contributed by atoms with Crippen LogP contribution >= 0.6 is 11.6 Å². The molecule has 9 heteroatoms. The Morgan fingerprint density at radius 2 is 2.15 bits per heavy atom. The number of fused-ring (bicyclic) bond motifs is 1. The van der Waals surface area contributed by atoms with Gasteiger partial charge in [0, 0.05) is 25.9 Å². The van der Waals surface area contributed by atoms with Crippen LogP contribution in [0, 0.1) is 5.82 Å². The number of methoxy groups -OCH3 is 1. The zero-order chi connectivity index (χ0) is 19.4. The molecule has 2 amide bonds. The number of imidazole rings is 1. The van der Waals surface area contributed by atoms with Gasteiger partial charge in [-0.1, -0.05) is 11.6 Å². The third kappa shape index (κ3) is 4.28. The van der Waals surface area contributed by atoms with Gasteiger partial charge >= 0.3 is 0 Å². The lowest BCUT2D eigenvalue weighted by Crippen LogP contribution is -2.28. The largest absolute Gasteiger partial charge is 0.383 e. The first kappa shape index (κ1) is 19.3. The molecule has 0 bridgehead atoms. The van der Waals surface area contributed by atoms with Gasteiger partial charge in [0.05, 0.1) is 17.3 Å². The molecule has 0 unspecified atom stereocenters. The second kappa shape index (κ2) is 8.49. The van der Waals surface area contributed by atoms with Gasteiger partial charge < -0.3 is 19.9 Å². The molecule has 2 aromatic rings. The molecule has 1 aliphatic rings. The minimum absolute atomic E-state index is 0.0869. The first-order chi connectivity index (χ1) is 13.0. The fourth-order valence-electron chi connectivity index (χ4n) is 3.01. The van der Waals surface area contributed by atoms with Crippen LogP contribution in [0.4, 0.5) is 10.1 Å². The number of anilines is 1. The number of amides is 2. The molecule has 0 fully saturated rings. The topological polar surface area (TPSA) is 85.2 Å². The Balaban J connectivity index is 1.85. The van der Waals surface area contributed by atoms with Crippen molar-refractivity contribution in [3.8, 4) is 0 Å². The van der Waals surface area contributed by atoms with Crippen LogP contribution in [0.5, 0.6) is 0 Å². The van der Waals surface area contributed by atoms with Crippen LogP contribution in [0.15, 0.2) is 18.2 Å². The van der Waals surface area contributed by atoms with E-state index in [0.29, 0.717) is 31.8 Å². The minimum atomic E-state index is -0.567. The first-order valence-corrected chi connectivity index (χ1v) is 9.02. The van der Waals surface area contributed by atoms with Crippen molar-refractivity contribution in [1.29, 1.82) is 0 Å². The van der Waals surface area contributed by atoms with Gasteiger partial charge in [-0.2, -0.15) is 0 Å². The highest BCUT2D eigenvalue weighted by Gasteiger charge is 2.27. The quantitative estimate of drug-likeness (QED) is 0.737. The fourth-order valence-corrected chi connectivity index (χ4v) is 3.19. The summed E-state index contributed by atoms with van der Waals surface area (Å²) in [5, 5.41) is 5.30. The van der Waals surface area contributed by atoms with Crippen molar-refractivity contribution in [2.75, 3.05) is 25.6 Å². The number of ether oxygens (including phenoxy) is 1. The maximum Gasteiger partial charge on any atom is 0.291 e. The van der Waals surface area contributed by atoms with E-state index in [1.165, 1.54) is 18.2 Å². The number of nitrogens with zero attached hydrogens (tertiary/aromatic N) is 2. The van der Waals surface area contributed by atoms with Crippen LogP contribution in [0.2, 0.25) is 5.02 Å². The summed E-state index contributed by atoms with van der Waals surface area (Å²) in [6, 6.07) is 3.92. The highest BCUT2D eigenvalue weighted by molar-refractivity contribution is 6.31. The Morgan fingerprint density at radius 1 is 1.33 bits per heavy atom. The molecule has 0 saturated carbocycles. The van der Waals surface area contributed by atoms with Gasteiger partial charge in [-0.25, -0.2) is 9.37 Å². The molecule has 0 radical (unpaired) electrons. The molecular weight excluding hydrogens is 375 g/mol. The summed E-state index contributed by atoms with van der Waals surface area (Å²) in [6.07, 6.45) is 2.51. The molecule has 2 heterocycles. The highest BCUT2D eigenvalue weighted by atomic mass is 35.5. The van der Waals surface area contributed by atoms with Crippen LogP contribution in [-0.4, -0.2) is 41.6 Å². The van der Waals surface area contributed by atoms with Crippen molar-refractivity contribution in [3.63, 3.8) is 0 Å². The van der Waals surface area contributed by atoms with E-state index in [9.17, 15) is 14.0 Å². The standard InChI is InChI=1S/C18H20ClFN4O3/c1-27-9-7-21-17(25)15-14-4-2-3-8-24(14)16(23-15)18(26)22-11-5-6-13(20)12(19)10-11/h5-6,10H,2-4,7-9H2,1H3,(H,21,25)(H,22,26). The third-order valence-corrected chi connectivity index (χ3v) is 4.59. The van der Waals surface area contributed by atoms with Crippen molar-refractivity contribution in [1.82, 2.24) is 14.9 Å². The van der Waals surface area contributed by atoms with Crippen molar-refractivity contribution in [2.45, 2.75) is 25.8 Å². The second-order valence-electron chi connectivity index (χ2n) is 6.17. The molecule has 7 nitrogen and oxygen atoms in total. The first-order valence-electron chi connectivity index (χ1n) is 8.64. The molecule has 27 heavy (non-hydrogen) atoms. The summed E-state index contributed by atoms with van der Waals surface area (Å²) in [4.78, 5) is 29.4. The Labute approximate surface area is 160 Å². The molecule has 0 spiro atoms. The number of hydrogen-bond acceptors (Lipinski definition) is 4. The van der Waals surface area contributed by atoms with Gasteiger partial charge in [-0.3, -0.25) is 9.59 Å². The normalized spacial score (nSPS) is 13.1. The van der Waals surface area contributed by atoms with Crippen LogP contribution in [0.3, 0.4) is 0 Å². The Kier molecular flexibility index (Phi) is 6.08. The maximum atomic E-state index is 13.3. The molecule has 0 atom stereocenters. The molecule has 144 valence electrons. The summed E-state index contributed by atoms with van der Waals surface area (Å²) in [5.41, 5.74) is 1.36. The molecule has 1 aliphatic heterocycles. The van der Waals surface area contributed by atoms with E-state index >= 15 is 0 Å². The number of benzene rings is 1. The number of carbonyl (C=O) groups excluding carboxylic acids is 2. The van der Waals surface area contributed by atoms with E-state index in [2.05, 4.69) is 15.6 Å². The zero-order valence-corrected chi connectivity index (χ0v) is 15.6. The monoisotopic (exact) mass is 394 g/mol. The maximum absolute atomic E-state index is 13.3. The average Bonchev–Trinajstić information content (AvgIpc) is 3.05. The number of rotatable bonds is 6. The zero-order valence-electron chi connectivity index (χ0n) is 14.8. The van der Waals surface area contributed by atoms with E-state index < -0.39 is 11.7 Å². The summed E-state index contributed by atoms with van der Waals surface area (Å²) in [7, 11) is 1.55. The number of nitrogens with one attached hydrogen (secondary N) is 2. The summed E-state index contributed by atoms with van der Waals surface area (Å²) in [6.45, 7) is 1.36. The lowest BCUT2D eigenvalue weighted by Gasteiger charge is -2.17. The number of halogens is 2. The average molecular weight is 395 g/mol. The summed E-state index contributed by atoms with van der Waals surface area (Å²) < 4.78 is 20.0. The number of carbonyl (C=O) groups is 2. The Bertz CT molecular complexity index is 869. The van der Waals surface area contributed by atoms with Gasteiger partial charge in [0.25, 0.3) is 11.8 Å². The molecule has 0 aliphatic carbocycles. The van der Waals surface area contributed by atoms with Gasteiger partial charge in [0.2, 0.25) is 0 Å². The van der Waals surface area contributed by atoms with Crippen LogP contribution < -0.4 is 10.6 Å². The minimum Gasteiger partial charge on any atom is -0.383 e. The Morgan fingerprint density at radius 3 is 2.89 bits per heavy atom. The van der Waals surface area contributed by atoms with Gasteiger partial charge in [0.15, 0.2) is 5.82 Å². The van der Waals surface area contributed by atoms with E-state index in [-0.39, 0.29) is 22.4 Å². The summed E-state index contributed by atoms with van der Waals surface area (Å²) >= 11 is 5.75. The molecule has 1 aromatic carbocycles. The molecule has 3 rings (SSSR count). The van der Waals surface area contributed by atoms with Gasteiger partial charge in [-0.15, -0.1) is 0 Å². The summed E-state index contributed by atoms with van der Waals surface area (Å²) in [5.74, 6) is -1.22. The van der Waals surface area contributed by atoms with Crippen molar-refractivity contribution < 1.29 is 18.7 Å². The predicted molar refractivity (Wildman–Crippen MR) is 98.7 cm³/mol. The van der Waals surface area contributed by atoms with Crippen molar-refractivity contribution >= 4 is 29.1 Å². The molecule has 0 saturated heterocycles. The number of hydrogen-bond donors (Lipinski definition) is 2. The van der Waals surface area contributed by atoms with Crippen LogP contribution in [0.1, 0.15) is 39.6 Å². The van der Waals surface area contributed by atoms with Gasteiger partial charge in [0.1, 0.15) is 11.5 Å². The lowest BCUT2D eigenvalue weighted by molar-refractivity contribution is 0.0931. The van der Waals surface area contributed by atoms with Crippen molar-refractivity contribution in [2.24, 2.45) is 0 Å². The predicted octanol–water partition coefficient (Wildman–Crippen LogP) is 2.64. The van der Waals surface area contributed by atoms with Gasteiger partial charge in [-0.05, 0) is 37.5 Å². The second-order valence-corrected chi connectivity index (χ2v) is 6.58. The Hall–Kier alpha value is -2.45. The smallest absolute Gasteiger partial charge is 0.291 e. The van der Waals surface area contributed by atoms with E-state index in [1.807, 2.05) is 0 Å². The molecule has 2 N–H and O–H groups in total. The highest BCUT2D eigenvalue weighted by Crippen LogP contribution is 2.23. The van der Waals surface area contributed by atoms with E-state index in [1.54, 1.807) is 11.7 Å². The SMILES string of the molecule is COCCNC(=O)c1nc(C(=O)Nc2ccc(F)c(Cl)c2)n2c1CCCC2. The third-order valence-electron chi connectivity index (χ3n) is 4.31. The molecular formula is C18H20ClFN4O3. The van der Waals surface area contributed by atoms with Crippen LogP contribution in [0.25, 0.3) is 0 Å². The molecule has 1 aromatic heterocycles. The van der Waals surface area contributed by atoms with E-state index in [0.717, 1.165) is 18.5 Å². The number of aromatic nitrogens is 2. The lowest BCUT2D eigenvalue weighted by atomic mass is 10.1.